The lowest BCUT2D eigenvalue weighted by molar-refractivity contribution is 0.250. The molecule has 0 saturated heterocycles. The summed E-state index contributed by atoms with van der Waals surface area (Å²) in [7, 11) is 0. The lowest BCUT2D eigenvalue weighted by Crippen LogP contribution is -2.33. The molecule has 1 heterocycles. The van der Waals surface area contributed by atoms with Crippen molar-refractivity contribution in [3.05, 3.63) is 22.9 Å². The van der Waals surface area contributed by atoms with E-state index in [1.807, 2.05) is 6.20 Å². The number of hydrogen-bond acceptors (Lipinski definition) is 2. The van der Waals surface area contributed by atoms with Crippen LogP contribution in [0.1, 0.15) is 38.1 Å². The third kappa shape index (κ3) is 2.15. The molecule has 4 heteroatoms. The standard InChI is InChI=1S/C11H19N3O/c12-8-10(9-4-2-1-3-5-9)14-7-6-13-11(14)15/h6-7,9-10H,1-5,8,12H2,(H,13,15). The fourth-order valence-electron chi connectivity index (χ4n) is 2.64. The molecule has 84 valence electrons. The van der Waals surface area contributed by atoms with Crippen LogP contribution in [0.2, 0.25) is 0 Å². The van der Waals surface area contributed by atoms with Crippen LogP contribution in [0.15, 0.2) is 17.2 Å². The summed E-state index contributed by atoms with van der Waals surface area (Å²) in [6.45, 7) is 0.558. The molecular weight excluding hydrogens is 190 g/mol. The quantitative estimate of drug-likeness (QED) is 0.787. The largest absolute Gasteiger partial charge is 0.328 e. The van der Waals surface area contributed by atoms with Crippen molar-refractivity contribution in [2.75, 3.05) is 6.54 Å². The van der Waals surface area contributed by atoms with Crippen molar-refractivity contribution in [2.45, 2.75) is 38.1 Å². The summed E-state index contributed by atoms with van der Waals surface area (Å²) in [5, 5.41) is 0. The first-order chi connectivity index (χ1) is 7.33. The number of nitrogens with two attached hydrogens (primary N) is 1. The Morgan fingerprint density at radius 3 is 2.73 bits per heavy atom. The molecule has 1 saturated carbocycles. The average Bonchev–Trinajstić information content (AvgIpc) is 2.68. The molecule has 1 fully saturated rings. The van der Waals surface area contributed by atoms with Gasteiger partial charge in [-0.15, -0.1) is 0 Å². The van der Waals surface area contributed by atoms with Crippen molar-refractivity contribution >= 4 is 0 Å². The van der Waals surface area contributed by atoms with E-state index in [1.165, 1.54) is 32.1 Å². The van der Waals surface area contributed by atoms with Crippen LogP contribution in [0, 0.1) is 5.92 Å². The normalized spacial score (nSPS) is 20.3. The Morgan fingerprint density at radius 2 is 2.20 bits per heavy atom. The predicted molar refractivity (Wildman–Crippen MR) is 59.7 cm³/mol. The van der Waals surface area contributed by atoms with Crippen LogP contribution in [0.4, 0.5) is 0 Å². The molecule has 1 atom stereocenters. The summed E-state index contributed by atoms with van der Waals surface area (Å²) < 4.78 is 1.76. The Balaban J connectivity index is 2.16. The van der Waals surface area contributed by atoms with E-state index in [2.05, 4.69) is 4.98 Å². The number of imidazole rings is 1. The molecule has 1 aromatic heterocycles. The monoisotopic (exact) mass is 209 g/mol. The molecule has 4 nitrogen and oxygen atoms in total. The van der Waals surface area contributed by atoms with Gasteiger partial charge in [0.15, 0.2) is 0 Å². The van der Waals surface area contributed by atoms with Crippen LogP contribution in [0.3, 0.4) is 0 Å². The topological polar surface area (TPSA) is 63.8 Å². The molecule has 1 unspecified atom stereocenters. The Kier molecular flexibility index (Phi) is 3.26. The van der Waals surface area contributed by atoms with Gasteiger partial charge in [-0.25, -0.2) is 4.79 Å². The van der Waals surface area contributed by atoms with E-state index in [9.17, 15) is 4.79 Å². The van der Waals surface area contributed by atoms with Crippen LogP contribution in [0.25, 0.3) is 0 Å². The molecule has 1 aliphatic rings. The highest BCUT2D eigenvalue weighted by atomic mass is 16.1. The SMILES string of the molecule is NCC(C1CCCCC1)n1cc[nH]c1=O. The summed E-state index contributed by atoms with van der Waals surface area (Å²) in [6, 6.07) is 0.184. The lowest BCUT2D eigenvalue weighted by atomic mass is 9.84. The number of nitrogens with one attached hydrogen (secondary N) is 1. The summed E-state index contributed by atoms with van der Waals surface area (Å²) in [5.41, 5.74) is 5.76. The Hall–Kier alpha value is -1.03. The molecule has 0 amide bonds. The Labute approximate surface area is 89.5 Å². The fraction of sp³-hybridized carbons (Fsp3) is 0.727. The summed E-state index contributed by atoms with van der Waals surface area (Å²) in [5.74, 6) is 0.581. The minimum absolute atomic E-state index is 0.0315. The lowest BCUT2D eigenvalue weighted by Gasteiger charge is -2.29. The van der Waals surface area contributed by atoms with Gasteiger partial charge in [0.25, 0.3) is 0 Å². The van der Waals surface area contributed by atoms with Gasteiger partial charge in [-0.2, -0.15) is 0 Å². The molecule has 1 aromatic rings. The second kappa shape index (κ2) is 4.66. The van der Waals surface area contributed by atoms with E-state index in [0.29, 0.717) is 12.5 Å². The van der Waals surface area contributed by atoms with E-state index in [0.717, 1.165) is 0 Å². The second-order valence-electron chi connectivity index (χ2n) is 4.37. The minimum atomic E-state index is -0.0315. The number of hydrogen-bond donors (Lipinski definition) is 2. The van der Waals surface area contributed by atoms with Crippen LogP contribution < -0.4 is 11.4 Å². The maximum atomic E-state index is 11.5. The highest BCUT2D eigenvalue weighted by molar-refractivity contribution is 4.86. The maximum absolute atomic E-state index is 11.5. The van der Waals surface area contributed by atoms with Gasteiger partial charge in [-0.1, -0.05) is 19.3 Å². The molecule has 3 N–H and O–H groups in total. The molecule has 0 bridgehead atoms. The van der Waals surface area contributed by atoms with Crippen molar-refractivity contribution in [1.29, 1.82) is 0 Å². The summed E-state index contributed by atoms with van der Waals surface area (Å²) in [6.07, 6.45) is 9.80. The highest BCUT2D eigenvalue weighted by Gasteiger charge is 2.24. The van der Waals surface area contributed by atoms with Crippen LogP contribution >= 0.6 is 0 Å². The zero-order valence-corrected chi connectivity index (χ0v) is 8.98. The smallest absolute Gasteiger partial charge is 0.325 e. The first-order valence-electron chi connectivity index (χ1n) is 5.78. The summed E-state index contributed by atoms with van der Waals surface area (Å²) >= 11 is 0. The van der Waals surface area contributed by atoms with Gasteiger partial charge in [0, 0.05) is 18.9 Å². The Morgan fingerprint density at radius 1 is 1.47 bits per heavy atom. The van der Waals surface area contributed by atoms with Crippen molar-refractivity contribution in [1.82, 2.24) is 9.55 Å². The van der Waals surface area contributed by atoms with Gasteiger partial charge < -0.3 is 10.7 Å². The van der Waals surface area contributed by atoms with Crippen molar-refractivity contribution < 1.29 is 0 Å². The average molecular weight is 209 g/mol. The molecular formula is C11H19N3O. The van der Waals surface area contributed by atoms with Crippen molar-refractivity contribution in [3.8, 4) is 0 Å². The number of nitrogens with zero attached hydrogens (tertiary/aromatic N) is 1. The first-order valence-corrected chi connectivity index (χ1v) is 5.78. The van der Waals surface area contributed by atoms with E-state index in [4.69, 9.17) is 5.73 Å². The van der Waals surface area contributed by atoms with Gasteiger partial charge in [0.2, 0.25) is 0 Å². The van der Waals surface area contributed by atoms with E-state index in [1.54, 1.807) is 10.8 Å². The number of rotatable bonds is 3. The fourth-order valence-corrected chi connectivity index (χ4v) is 2.64. The Bertz CT molecular complexity index is 349. The third-order valence-electron chi connectivity index (χ3n) is 3.47. The van der Waals surface area contributed by atoms with Crippen LogP contribution in [-0.2, 0) is 0 Å². The molecule has 2 rings (SSSR count). The van der Waals surface area contributed by atoms with E-state index in [-0.39, 0.29) is 11.7 Å². The van der Waals surface area contributed by atoms with E-state index < -0.39 is 0 Å². The van der Waals surface area contributed by atoms with Crippen LogP contribution in [-0.4, -0.2) is 16.1 Å². The zero-order chi connectivity index (χ0) is 10.7. The number of H-pyrrole nitrogens is 1. The predicted octanol–water partition coefficient (Wildman–Crippen LogP) is 1.26. The molecule has 0 spiro atoms. The van der Waals surface area contributed by atoms with Crippen LogP contribution in [0.5, 0.6) is 0 Å². The van der Waals surface area contributed by atoms with Gasteiger partial charge in [0.1, 0.15) is 0 Å². The van der Waals surface area contributed by atoms with Gasteiger partial charge in [0.05, 0.1) is 6.04 Å². The molecule has 15 heavy (non-hydrogen) atoms. The molecule has 0 aromatic carbocycles. The van der Waals surface area contributed by atoms with Gasteiger partial charge >= 0.3 is 5.69 Å². The third-order valence-corrected chi connectivity index (χ3v) is 3.47. The van der Waals surface area contributed by atoms with Gasteiger partial charge in [-0.3, -0.25) is 4.57 Å². The highest BCUT2D eigenvalue weighted by Crippen LogP contribution is 2.31. The number of aromatic amines is 1. The molecule has 0 radical (unpaired) electrons. The second-order valence-corrected chi connectivity index (χ2v) is 4.37. The first kappa shape index (κ1) is 10.5. The summed E-state index contributed by atoms with van der Waals surface area (Å²) in [4.78, 5) is 14.2. The zero-order valence-electron chi connectivity index (χ0n) is 8.98. The minimum Gasteiger partial charge on any atom is -0.328 e. The van der Waals surface area contributed by atoms with Crippen molar-refractivity contribution in [2.24, 2.45) is 11.7 Å². The molecule has 0 aliphatic heterocycles. The van der Waals surface area contributed by atoms with Crippen molar-refractivity contribution in [3.63, 3.8) is 0 Å². The molecule has 1 aliphatic carbocycles. The number of aromatic nitrogens is 2. The van der Waals surface area contributed by atoms with Gasteiger partial charge in [-0.05, 0) is 18.8 Å². The van der Waals surface area contributed by atoms with E-state index >= 15 is 0 Å². The maximum Gasteiger partial charge on any atom is 0.325 e.